The minimum Gasteiger partial charge on any atom is -0.457 e. The van der Waals surface area contributed by atoms with Gasteiger partial charge in [-0.25, -0.2) is 0 Å². The quantitative estimate of drug-likeness (QED) is 0.166. The van der Waals surface area contributed by atoms with Crippen molar-refractivity contribution < 1.29 is 9.47 Å². The zero-order chi connectivity index (χ0) is 31.4. The molecule has 0 heterocycles. The van der Waals surface area contributed by atoms with E-state index < -0.39 is 0 Å². The monoisotopic (exact) mass is 596 g/mol. The first-order valence-corrected chi connectivity index (χ1v) is 16.2. The van der Waals surface area contributed by atoms with Gasteiger partial charge in [-0.05, 0) is 146 Å². The lowest BCUT2D eigenvalue weighted by Gasteiger charge is -2.41. The summed E-state index contributed by atoms with van der Waals surface area (Å²) in [6.07, 6.45) is 6.74. The molecule has 45 heavy (non-hydrogen) atoms. The Kier molecular flexibility index (Phi) is 8.84. The Bertz CT molecular complexity index is 1630. The molecule has 0 bridgehead atoms. The Morgan fingerprint density at radius 2 is 1.09 bits per heavy atom. The minimum absolute atomic E-state index is 0.0933. The first kappa shape index (κ1) is 30.3. The average molecular weight is 597 g/mol. The predicted octanol–water partition coefficient (Wildman–Crippen LogP) is 10.6. The third kappa shape index (κ3) is 6.71. The fourth-order valence-corrected chi connectivity index (χ4v) is 6.95. The number of nitrogens with two attached hydrogens (primary N) is 2. The maximum absolute atomic E-state index is 6.26. The highest BCUT2D eigenvalue weighted by Crippen LogP contribution is 2.49. The number of hydrogen-bond donors (Lipinski definition) is 2. The van der Waals surface area contributed by atoms with Crippen molar-refractivity contribution in [3.63, 3.8) is 0 Å². The molecule has 0 aliphatic heterocycles. The summed E-state index contributed by atoms with van der Waals surface area (Å²) in [7, 11) is 0. The van der Waals surface area contributed by atoms with Gasteiger partial charge in [0, 0.05) is 16.8 Å². The van der Waals surface area contributed by atoms with E-state index in [4.69, 9.17) is 20.9 Å². The molecule has 0 saturated heterocycles. The van der Waals surface area contributed by atoms with Crippen LogP contribution in [0.1, 0.15) is 78.3 Å². The molecule has 4 N–H and O–H groups in total. The number of aryl methyl sites for hydroxylation is 3. The molecule has 6 rings (SSSR count). The molecule has 5 aromatic rings. The second-order valence-electron chi connectivity index (χ2n) is 12.7. The van der Waals surface area contributed by atoms with Crippen LogP contribution in [0.15, 0.2) is 109 Å². The highest BCUT2D eigenvalue weighted by molar-refractivity contribution is 5.51. The summed E-state index contributed by atoms with van der Waals surface area (Å²) in [5.74, 6) is 3.87. The van der Waals surface area contributed by atoms with Crippen molar-refractivity contribution in [3.8, 4) is 23.0 Å². The van der Waals surface area contributed by atoms with Gasteiger partial charge in [-0.15, -0.1) is 0 Å². The van der Waals surface area contributed by atoms with Crippen LogP contribution in [0.5, 0.6) is 23.0 Å². The molecule has 0 unspecified atom stereocenters. The Morgan fingerprint density at radius 3 is 1.51 bits per heavy atom. The van der Waals surface area contributed by atoms with Gasteiger partial charge in [0.1, 0.15) is 23.0 Å². The maximum atomic E-state index is 6.26. The second kappa shape index (κ2) is 13.1. The number of ether oxygens (including phenoxy) is 2. The van der Waals surface area contributed by atoms with E-state index in [0.717, 1.165) is 77.6 Å². The van der Waals surface area contributed by atoms with E-state index in [0.29, 0.717) is 5.92 Å². The van der Waals surface area contributed by atoms with Crippen LogP contribution < -0.4 is 20.9 Å². The van der Waals surface area contributed by atoms with Gasteiger partial charge in [0.2, 0.25) is 0 Å². The average Bonchev–Trinajstić information content (AvgIpc) is 3.05. The van der Waals surface area contributed by atoms with Crippen LogP contribution in [0.3, 0.4) is 0 Å². The summed E-state index contributed by atoms with van der Waals surface area (Å²) < 4.78 is 12.5. The summed E-state index contributed by atoms with van der Waals surface area (Å²) in [6.45, 7) is 6.28. The fraction of sp³-hybridized carbons (Fsp3) is 0.268. The number of anilines is 2. The van der Waals surface area contributed by atoms with E-state index in [9.17, 15) is 0 Å². The Hall–Kier alpha value is -4.70. The molecule has 0 radical (unpaired) electrons. The van der Waals surface area contributed by atoms with Gasteiger partial charge in [0.15, 0.2) is 0 Å². The molecule has 230 valence electrons. The van der Waals surface area contributed by atoms with E-state index in [1.54, 1.807) is 0 Å². The highest BCUT2D eigenvalue weighted by Gasteiger charge is 2.39. The molecule has 0 aromatic heterocycles. The summed E-state index contributed by atoms with van der Waals surface area (Å²) in [5.41, 5.74) is 20.9. The summed E-state index contributed by atoms with van der Waals surface area (Å²) in [4.78, 5) is 0. The standard InChI is InChI=1S/C41H44N2O2/c1-4-5-30-6-8-31(9-7-30)32-22-24-41(25-23-32,33-10-16-37(17-11-33)44-39-20-14-35(42)26-28(39)2)34-12-18-38(19-13-34)45-40-21-15-36(43)27-29(40)3/h6-21,26-27,32H,4-5,22-25,42-43H2,1-3H3. The van der Waals surface area contributed by atoms with Gasteiger partial charge in [0.25, 0.3) is 0 Å². The van der Waals surface area contributed by atoms with Crippen LogP contribution in [0.2, 0.25) is 0 Å². The molecule has 1 saturated carbocycles. The molecular formula is C41H44N2O2. The van der Waals surface area contributed by atoms with Crippen LogP contribution in [0.4, 0.5) is 11.4 Å². The van der Waals surface area contributed by atoms with Gasteiger partial charge in [0.05, 0.1) is 0 Å². The molecule has 1 fully saturated rings. The van der Waals surface area contributed by atoms with Gasteiger partial charge in [-0.2, -0.15) is 0 Å². The number of rotatable bonds is 9. The number of hydrogen-bond acceptors (Lipinski definition) is 4. The van der Waals surface area contributed by atoms with E-state index >= 15 is 0 Å². The van der Waals surface area contributed by atoms with E-state index in [1.807, 2.05) is 50.2 Å². The smallest absolute Gasteiger partial charge is 0.130 e. The van der Waals surface area contributed by atoms with Crippen LogP contribution in [0.25, 0.3) is 0 Å². The van der Waals surface area contributed by atoms with Crippen molar-refractivity contribution >= 4 is 11.4 Å². The molecule has 4 nitrogen and oxygen atoms in total. The number of benzene rings is 5. The maximum Gasteiger partial charge on any atom is 0.130 e. The predicted molar refractivity (Wildman–Crippen MR) is 187 cm³/mol. The van der Waals surface area contributed by atoms with Crippen molar-refractivity contribution in [1.82, 2.24) is 0 Å². The third-order valence-corrected chi connectivity index (χ3v) is 9.50. The van der Waals surface area contributed by atoms with Gasteiger partial charge in [-0.1, -0.05) is 61.9 Å². The first-order valence-electron chi connectivity index (χ1n) is 16.2. The molecule has 1 aliphatic carbocycles. The lowest BCUT2D eigenvalue weighted by atomic mass is 9.62. The van der Waals surface area contributed by atoms with Crippen molar-refractivity contribution in [3.05, 3.63) is 143 Å². The number of nitrogen functional groups attached to an aromatic ring is 2. The van der Waals surface area contributed by atoms with E-state index in [2.05, 4.69) is 79.7 Å². The topological polar surface area (TPSA) is 70.5 Å². The van der Waals surface area contributed by atoms with Crippen LogP contribution >= 0.6 is 0 Å². The highest BCUT2D eigenvalue weighted by atomic mass is 16.5. The van der Waals surface area contributed by atoms with Crippen LogP contribution in [-0.4, -0.2) is 0 Å². The zero-order valence-corrected chi connectivity index (χ0v) is 26.7. The molecule has 0 atom stereocenters. The van der Waals surface area contributed by atoms with Crippen molar-refractivity contribution in [2.45, 2.75) is 70.6 Å². The summed E-state index contributed by atoms with van der Waals surface area (Å²) in [6, 6.07) is 38.3. The van der Waals surface area contributed by atoms with Gasteiger partial charge < -0.3 is 20.9 Å². The Morgan fingerprint density at radius 1 is 0.622 bits per heavy atom. The molecule has 0 spiro atoms. The fourth-order valence-electron chi connectivity index (χ4n) is 6.95. The third-order valence-electron chi connectivity index (χ3n) is 9.50. The second-order valence-corrected chi connectivity index (χ2v) is 12.7. The molecular weight excluding hydrogens is 552 g/mol. The SMILES string of the molecule is CCCc1ccc(C2CCC(c3ccc(Oc4ccc(N)cc4C)cc3)(c3ccc(Oc4ccc(N)cc4C)cc3)CC2)cc1. The van der Waals surface area contributed by atoms with Crippen LogP contribution in [0, 0.1) is 13.8 Å². The molecule has 1 aliphatic rings. The van der Waals surface area contributed by atoms with Crippen molar-refractivity contribution in [2.75, 3.05) is 11.5 Å². The van der Waals surface area contributed by atoms with E-state index in [1.165, 1.54) is 28.7 Å². The van der Waals surface area contributed by atoms with Crippen molar-refractivity contribution in [1.29, 1.82) is 0 Å². The van der Waals surface area contributed by atoms with E-state index in [-0.39, 0.29) is 5.41 Å². The van der Waals surface area contributed by atoms with Crippen molar-refractivity contribution in [2.24, 2.45) is 0 Å². The normalized spacial score (nSPS) is 14.6. The molecule has 4 heteroatoms. The first-order chi connectivity index (χ1) is 21.8. The lowest BCUT2D eigenvalue weighted by Crippen LogP contribution is -2.32. The largest absolute Gasteiger partial charge is 0.457 e. The minimum atomic E-state index is -0.0933. The Labute approximate surface area is 268 Å². The van der Waals surface area contributed by atoms with Crippen LogP contribution in [-0.2, 0) is 11.8 Å². The molecule has 0 amide bonds. The summed E-state index contributed by atoms with van der Waals surface area (Å²) >= 11 is 0. The Balaban J connectivity index is 1.27. The van der Waals surface area contributed by atoms with Gasteiger partial charge >= 0.3 is 0 Å². The molecule has 5 aromatic carbocycles. The summed E-state index contributed by atoms with van der Waals surface area (Å²) in [5, 5.41) is 0. The zero-order valence-electron chi connectivity index (χ0n) is 26.7. The van der Waals surface area contributed by atoms with Gasteiger partial charge in [-0.3, -0.25) is 0 Å². The lowest BCUT2D eigenvalue weighted by molar-refractivity contribution is 0.314.